The lowest BCUT2D eigenvalue weighted by Crippen LogP contribution is -2.58. The molecule has 0 radical (unpaired) electrons. The first-order chi connectivity index (χ1) is 25.0. The quantitative estimate of drug-likeness (QED) is 0.0399. The zero-order valence-electron chi connectivity index (χ0n) is 30.3. The van der Waals surface area contributed by atoms with E-state index in [9.17, 15) is 38.7 Å². The molecule has 1 aliphatic heterocycles. The van der Waals surface area contributed by atoms with E-state index >= 15 is 0 Å². The fraction of sp³-hybridized carbons (Fsp3) is 0.588. The predicted molar refractivity (Wildman–Crippen MR) is 198 cm³/mol. The largest absolute Gasteiger partial charge is 0.508 e. The molecular weight excluding hydrogens is 710 g/mol. The van der Waals surface area contributed by atoms with Gasteiger partial charge in [0.15, 0.2) is 5.96 Å². The van der Waals surface area contributed by atoms with Gasteiger partial charge in [-0.05, 0) is 62.6 Å². The third-order valence-electron chi connectivity index (χ3n) is 8.20. The number of likely N-dealkylation sites (tertiary alicyclic amines) is 1. The normalized spacial score (nSPS) is 16.1. The SMILES string of the molecule is CC(C)C[C@H](N)C(=O)N[C@@H](Cc1ccc(O)cc1)C(=O)N[C@@H](CCCN=C(N)N)C(=O)N[C@@H](C)C(=O)N1CCC[C@H]1C(=O)SCCC(=O)NCC(=O)O. The Labute approximate surface area is 312 Å². The first kappa shape index (κ1) is 44.3. The van der Waals surface area contributed by atoms with Gasteiger partial charge in [-0.1, -0.05) is 37.7 Å². The second-order valence-corrected chi connectivity index (χ2v) is 14.3. The number of carboxylic acids is 1. The van der Waals surface area contributed by atoms with Crippen LogP contribution in [0.1, 0.15) is 64.9 Å². The molecule has 19 heteroatoms. The minimum atomic E-state index is -1.19. The molecule has 0 aliphatic carbocycles. The molecule has 0 unspecified atom stereocenters. The highest BCUT2D eigenvalue weighted by atomic mass is 32.2. The molecule has 0 spiro atoms. The molecule has 1 aromatic carbocycles. The van der Waals surface area contributed by atoms with Crippen molar-refractivity contribution in [3.63, 3.8) is 0 Å². The lowest BCUT2D eigenvalue weighted by atomic mass is 10.0. The Morgan fingerprint density at radius 2 is 1.60 bits per heavy atom. The predicted octanol–water partition coefficient (Wildman–Crippen LogP) is -1.32. The average Bonchev–Trinajstić information content (AvgIpc) is 3.58. The van der Waals surface area contributed by atoms with Crippen molar-refractivity contribution in [1.29, 1.82) is 0 Å². The van der Waals surface area contributed by atoms with Crippen LogP contribution in [0.25, 0.3) is 0 Å². The van der Waals surface area contributed by atoms with Crippen LogP contribution in [0.3, 0.4) is 0 Å². The molecular formula is C34H53N9O9S. The van der Waals surface area contributed by atoms with Crippen LogP contribution in [-0.2, 0) is 40.0 Å². The molecule has 18 nitrogen and oxygen atoms in total. The Morgan fingerprint density at radius 1 is 0.962 bits per heavy atom. The number of nitrogens with two attached hydrogens (primary N) is 3. The number of aliphatic imine (C=N–C) groups is 1. The number of benzene rings is 1. The van der Waals surface area contributed by atoms with Crippen molar-refractivity contribution in [3.05, 3.63) is 29.8 Å². The molecule has 5 atom stereocenters. The summed E-state index contributed by atoms with van der Waals surface area (Å²) in [5, 5.41) is 28.3. The van der Waals surface area contributed by atoms with Crippen LogP contribution in [-0.4, -0.2) is 117 Å². The number of carbonyl (C=O) groups excluding carboxylic acids is 6. The Balaban J connectivity index is 2.17. The number of guanidine groups is 1. The number of phenolic OH excluding ortho intramolecular Hbond substituents is 1. The molecule has 1 aliphatic rings. The minimum absolute atomic E-state index is 0.0128. The van der Waals surface area contributed by atoms with Gasteiger partial charge in [0, 0.05) is 31.7 Å². The van der Waals surface area contributed by atoms with Crippen molar-refractivity contribution in [2.45, 2.75) is 95.9 Å². The summed E-state index contributed by atoms with van der Waals surface area (Å²) in [4.78, 5) is 94.7. The number of aromatic hydroxyl groups is 1. The summed E-state index contributed by atoms with van der Waals surface area (Å²) in [5.74, 6) is -4.11. The molecule has 53 heavy (non-hydrogen) atoms. The van der Waals surface area contributed by atoms with Gasteiger partial charge in [0.1, 0.15) is 36.5 Å². The van der Waals surface area contributed by atoms with Crippen LogP contribution >= 0.6 is 11.8 Å². The van der Waals surface area contributed by atoms with Crippen LogP contribution in [0.4, 0.5) is 0 Å². The molecule has 1 heterocycles. The maximum atomic E-state index is 13.8. The smallest absolute Gasteiger partial charge is 0.322 e. The van der Waals surface area contributed by atoms with E-state index in [4.69, 9.17) is 22.3 Å². The second kappa shape index (κ2) is 22.2. The monoisotopic (exact) mass is 763 g/mol. The van der Waals surface area contributed by atoms with Gasteiger partial charge in [0.25, 0.3) is 0 Å². The number of nitrogens with zero attached hydrogens (tertiary/aromatic N) is 2. The lowest BCUT2D eigenvalue weighted by Gasteiger charge is -2.28. The molecule has 5 amide bonds. The van der Waals surface area contributed by atoms with Gasteiger partial charge in [-0.3, -0.25) is 38.6 Å². The highest BCUT2D eigenvalue weighted by molar-refractivity contribution is 8.13. The molecule has 2 rings (SSSR count). The van der Waals surface area contributed by atoms with Crippen molar-refractivity contribution in [1.82, 2.24) is 26.2 Å². The molecule has 294 valence electrons. The molecule has 0 saturated carbocycles. The maximum absolute atomic E-state index is 13.8. The van der Waals surface area contributed by atoms with Gasteiger partial charge in [0.2, 0.25) is 34.7 Å². The van der Waals surface area contributed by atoms with E-state index in [-0.39, 0.29) is 67.3 Å². The number of carbonyl (C=O) groups is 7. The van der Waals surface area contributed by atoms with E-state index in [2.05, 4.69) is 26.3 Å². The maximum Gasteiger partial charge on any atom is 0.322 e. The molecule has 0 aromatic heterocycles. The van der Waals surface area contributed by atoms with Crippen molar-refractivity contribution in [2.24, 2.45) is 28.1 Å². The van der Waals surface area contributed by atoms with Crippen LogP contribution in [0.5, 0.6) is 5.75 Å². The lowest BCUT2D eigenvalue weighted by molar-refractivity contribution is -0.139. The Hall–Kier alpha value is -4.91. The number of amides is 5. The van der Waals surface area contributed by atoms with Crippen LogP contribution in [0.15, 0.2) is 29.3 Å². The molecule has 1 saturated heterocycles. The Kier molecular flexibility index (Phi) is 18.6. The summed E-state index contributed by atoms with van der Waals surface area (Å²) in [6, 6.07) is 0.956. The number of hydrogen-bond donors (Lipinski definition) is 9. The van der Waals surface area contributed by atoms with Crippen LogP contribution in [0.2, 0.25) is 0 Å². The molecule has 1 fully saturated rings. The number of nitrogens with one attached hydrogen (secondary N) is 4. The second-order valence-electron chi connectivity index (χ2n) is 13.2. The number of rotatable bonds is 21. The summed E-state index contributed by atoms with van der Waals surface area (Å²) < 4.78 is 0. The van der Waals surface area contributed by atoms with Gasteiger partial charge in [0.05, 0.1) is 6.04 Å². The van der Waals surface area contributed by atoms with E-state index in [0.717, 1.165) is 11.8 Å². The van der Waals surface area contributed by atoms with E-state index in [0.29, 0.717) is 24.8 Å². The van der Waals surface area contributed by atoms with Gasteiger partial charge in [-0.15, -0.1) is 0 Å². The summed E-state index contributed by atoms with van der Waals surface area (Å²) in [5.41, 5.74) is 17.6. The zero-order valence-corrected chi connectivity index (χ0v) is 31.2. The van der Waals surface area contributed by atoms with Crippen molar-refractivity contribution >= 4 is 58.3 Å². The average molecular weight is 764 g/mol. The Bertz CT molecular complexity index is 1470. The first-order valence-corrected chi connectivity index (χ1v) is 18.4. The summed E-state index contributed by atoms with van der Waals surface area (Å²) >= 11 is 0.866. The molecule has 0 bridgehead atoms. The van der Waals surface area contributed by atoms with Gasteiger partial charge >= 0.3 is 5.97 Å². The van der Waals surface area contributed by atoms with E-state index in [1.54, 1.807) is 12.1 Å². The number of carboxylic acid groups (broad SMARTS) is 1. The number of thioether (sulfide) groups is 1. The summed E-state index contributed by atoms with van der Waals surface area (Å²) in [6.45, 7) is 5.15. The highest BCUT2D eigenvalue weighted by Gasteiger charge is 2.37. The van der Waals surface area contributed by atoms with Gasteiger partial charge < -0.3 is 53.6 Å². The third kappa shape index (κ3) is 16.1. The van der Waals surface area contributed by atoms with E-state index in [1.807, 2.05) is 13.8 Å². The van der Waals surface area contributed by atoms with Crippen LogP contribution < -0.4 is 38.5 Å². The summed E-state index contributed by atoms with van der Waals surface area (Å²) in [6.07, 6.45) is 1.55. The third-order valence-corrected chi connectivity index (χ3v) is 9.16. The van der Waals surface area contributed by atoms with Gasteiger partial charge in [-0.2, -0.15) is 0 Å². The van der Waals surface area contributed by atoms with Crippen molar-refractivity contribution in [3.8, 4) is 5.75 Å². The highest BCUT2D eigenvalue weighted by Crippen LogP contribution is 2.24. The fourth-order valence-electron chi connectivity index (χ4n) is 5.52. The standard InChI is InChI=1S/C34H53N9O9S/c1-19(2)16-23(35)29(48)42-25(17-21-8-10-22(44)11-9-21)31(50)41-24(6-4-13-38-34(36)37)30(49)40-20(3)32(51)43-14-5-7-26(43)33(52)53-15-12-27(45)39-18-28(46)47/h8-11,19-20,23-26,44H,4-7,12-18,35H2,1-3H3,(H,39,45)(H,40,49)(H,41,50)(H,42,48)(H,46,47)(H4,36,37,38)/t20-,23-,24-,25-,26-/m0/s1. The topological polar surface area (TPSA) is 302 Å². The molecule has 1 aromatic rings. The van der Waals surface area contributed by atoms with E-state index in [1.165, 1.54) is 24.0 Å². The molecule has 12 N–H and O–H groups in total. The van der Waals surface area contributed by atoms with Crippen molar-refractivity contribution in [2.75, 3.05) is 25.4 Å². The Morgan fingerprint density at radius 3 is 2.23 bits per heavy atom. The van der Waals surface area contributed by atoms with Gasteiger partial charge in [-0.25, -0.2) is 0 Å². The summed E-state index contributed by atoms with van der Waals surface area (Å²) in [7, 11) is 0. The fourth-order valence-corrected chi connectivity index (χ4v) is 6.44. The first-order valence-electron chi connectivity index (χ1n) is 17.4. The van der Waals surface area contributed by atoms with E-state index < -0.39 is 72.3 Å². The number of hydrogen-bond acceptors (Lipinski definition) is 11. The van der Waals surface area contributed by atoms with Crippen LogP contribution in [0, 0.1) is 5.92 Å². The zero-order chi connectivity index (χ0) is 39.7. The van der Waals surface area contributed by atoms with Crippen molar-refractivity contribution < 1.29 is 43.8 Å². The minimum Gasteiger partial charge on any atom is -0.508 e. The number of phenols is 1. The number of aliphatic carboxylic acids is 1.